The molecule has 11 heteroatoms. The number of rotatable bonds is 8. The van der Waals surface area contributed by atoms with E-state index >= 15 is 0 Å². The van der Waals surface area contributed by atoms with Crippen molar-refractivity contribution in [3.8, 4) is 5.75 Å². The first kappa shape index (κ1) is 24.5. The highest BCUT2D eigenvalue weighted by Gasteiger charge is 2.20. The third-order valence-corrected chi connectivity index (χ3v) is 6.96. The van der Waals surface area contributed by atoms with E-state index in [2.05, 4.69) is 30.9 Å². The van der Waals surface area contributed by atoms with Crippen molar-refractivity contribution >= 4 is 51.6 Å². The van der Waals surface area contributed by atoms with Crippen molar-refractivity contribution in [3.05, 3.63) is 63.9 Å². The molecule has 0 radical (unpaired) electrons. The normalized spacial score (nSPS) is 14.1. The van der Waals surface area contributed by atoms with Crippen LogP contribution in [0.25, 0.3) is 0 Å². The van der Waals surface area contributed by atoms with Crippen molar-refractivity contribution in [2.45, 2.75) is 6.42 Å². The lowest BCUT2D eigenvalue weighted by Gasteiger charge is -2.34. The van der Waals surface area contributed by atoms with Crippen LogP contribution in [0.1, 0.15) is 11.4 Å². The van der Waals surface area contributed by atoms with Gasteiger partial charge in [-0.2, -0.15) is 4.37 Å². The van der Waals surface area contributed by atoms with E-state index < -0.39 is 0 Å². The van der Waals surface area contributed by atoms with Crippen LogP contribution < -0.4 is 20.3 Å². The number of para-hydroxylation sites is 1. The van der Waals surface area contributed by atoms with Gasteiger partial charge in [0.2, 0.25) is 5.13 Å². The first-order valence-corrected chi connectivity index (χ1v) is 12.5. The summed E-state index contributed by atoms with van der Waals surface area (Å²) in [6.07, 6.45) is 0.681. The highest BCUT2D eigenvalue weighted by molar-refractivity contribution is 7.09. The van der Waals surface area contributed by atoms with Gasteiger partial charge in [0.25, 0.3) is 0 Å². The van der Waals surface area contributed by atoms with Gasteiger partial charge in [0.15, 0.2) is 0 Å². The Labute approximate surface area is 213 Å². The average Bonchev–Trinajstić information content (AvgIpc) is 3.30. The van der Waals surface area contributed by atoms with Gasteiger partial charge >= 0.3 is 6.03 Å². The van der Waals surface area contributed by atoms with Crippen LogP contribution in [0.3, 0.4) is 0 Å². The lowest BCUT2D eigenvalue weighted by Crippen LogP contribution is -2.48. The summed E-state index contributed by atoms with van der Waals surface area (Å²) in [5.74, 6) is 1.66. The number of urea groups is 1. The largest absolute Gasteiger partial charge is 0.497 e. The van der Waals surface area contributed by atoms with Crippen LogP contribution in [-0.4, -0.2) is 66.7 Å². The summed E-state index contributed by atoms with van der Waals surface area (Å²) in [4.78, 5) is 21.5. The summed E-state index contributed by atoms with van der Waals surface area (Å²) in [7, 11) is 1.67. The number of anilines is 2. The highest BCUT2D eigenvalue weighted by Crippen LogP contribution is 2.29. The monoisotopic (exact) mass is 520 g/mol. The molecule has 3 aromatic rings. The summed E-state index contributed by atoms with van der Waals surface area (Å²) < 4.78 is 9.83. The van der Waals surface area contributed by atoms with Gasteiger partial charge in [0.1, 0.15) is 11.6 Å². The van der Waals surface area contributed by atoms with E-state index in [-0.39, 0.29) is 6.03 Å². The fourth-order valence-corrected chi connectivity index (χ4v) is 4.90. The Morgan fingerprint density at radius 3 is 2.59 bits per heavy atom. The lowest BCUT2D eigenvalue weighted by molar-refractivity contribution is 0.240. The zero-order valence-electron chi connectivity index (χ0n) is 18.8. The Balaban J connectivity index is 1.19. The standard InChI is InChI=1S/C23H26Cl2N6O2S/c1-33-17-5-2-4-16(14-17)15-20-27-23(34-29-20)31-12-10-30(11-13-31)9-8-26-22(32)28-21-18(24)6-3-7-19(21)25/h2-7,14H,8-13,15H2,1H3,(H2,26,28,32). The molecule has 4 rings (SSSR count). The molecule has 0 unspecified atom stereocenters. The van der Waals surface area contributed by atoms with Gasteiger partial charge in [-0.3, -0.25) is 4.90 Å². The molecule has 34 heavy (non-hydrogen) atoms. The summed E-state index contributed by atoms with van der Waals surface area (Å²) in [5.41, 5.74) is 1.54. The number of hydrogen-bond donors (Lipinski definition) is 2. The van der Waals surface area contributed by atoms with Gasteiger partial charge < -0.3 is 20.3 Å². The van der Waals surface area contributed by atoms with Gasteiger partial charge in [-0.1, -0.05) is 41.4 Å². The van der Waals surface area contributed by atoms with Gasteiger partial charge in [-0.05, 0) is 29.8 Å². The number of benzene rings is 2. The second kappa shape index (κ2) is 11.7. The molecule has 180 valence electrons. The number of carbonyl (C=O) groups is 1. The third kappa shape index (κ3) is 6.50. The van der Waals surface area contributed by atoms with E-state index in [4.69, 9.17) is 32.9 Å². The van der Waals surface area contributed by atoms with E-state index in [0.29, 0.717) is 28.7 Å². The quantitative estimate of drug-likeness (QED) is 0.458. The molecule has 1 aliphatic rings. The summed E-state index contributed by atoms with van der Waals surface area (Å²) in [6, 6.07) is 12.7. The third-order valence-electron chi connectivity index (χ3n) is 5.51. The topological polar surface area (TPSA) is 82.6 Å². The molecule has 0 aliphatic carbocycles. The zero-order valence-corrected chi connectivity index (χ0v) is 21.1. The van der Waals surface area contributed by atoms with Crippen molar-refractivity contribution in [1.29, 1.82) is 0 Å². The number of halogens is 2. The fraction of sp³-hybridized carbons (Fsp3) is 0.348. The van der Waals surface area contributed by atoms with Crippen molar-refractivity contribution in [2.24, 2.45) is 0 Å². The molecule has 2 heterocycles. The van der Waals surface area contributed by atoms with Crippen LogP contribution in [0.4, 0.5) is 15.6 Å². The molecule has 0 spiro atoms. The molecular formula is C23H26Cl2N6O2S. The number of ether oxygens (including phenoxy) is 1. The zero-order chi connectivity index (χ0) is 23.9. The molecule has 8 nitrogen and oxygen atoms in total. The summed E-state index contributed by atoms with van der Waals surface area (Å²) in [6.45, 7) is 4.81. The maximum absolute atomic E-state index is 12.2. The van der Waals surface area contributed by atoms with E-state index in [1.807, 2.05) is 18.2 Å². The molecule has 2 N–H and O–H groups in total. The molecule has 0 saturated carbocycles. The minimum Gasteiger partial charge on any atom is -0.497 e. The predicted molar refractivity (Wildman–Crippen MR) is 138 cm³/mol. The maximum Gasteiger partial charge on any atom is 0.319 e. The van der Waals surface area contributed by atoms with Crippen LogP contribution in [0.5, 0.6) is 5.75 Å². The number of amides is 2. The van der Waals surface area contributed by atoms with Crippen molar-refractivity contribution < 1.29 is 9.53 Å². The Morgan fingerprint density at radius 2 is 1.85 bits per heavy atom. The first-order chi connectivity index (χ1) is 16.5. The second-order valence-electron chi connectivity index (χ2n) is 7.83. The van der Waals surface area contributed by atoms with E-state index in [9.17, 15) is 4.79 Å². The molecule has 1 saturated heterocycles. The van der Waals surface area contributed by atoms with Crippen molar-refractivity contribution in [2.75, 3.05) is 56.6 Å². The predicted octanol–water partition coefficient (Wildman–Crippen LogP) is 4.39. The van der Waals surface area contributed by atoms with Gasteiger partial charge in [-0.15, -0.1) is 0 Å². The van der Waals surface area contributed by atoms with Gasteiger partial charge in [0, 0.05) is 57.2 Å². The number of aromatic nitrogens is 2. The second-order valence-corrected chi connectivity index (χ2v) is 9.37. The molecule has 2 amide bonds. The van der Waals surface area contributed by atoms with E-state index in [0.717, 1.165) is 55.0 Å². The van der Waals surface area contributed by atoms with Crippen LogP contribution in [0.15, 0.2) is 42.5 Å². The van der Waals surface area contributed by atoms with Crippen molar-refractivity contribution in [3.63, 3.8) is 0 Å². The van der Waals surface area contributed by atoms with Crippen LogP contribution in [0, 0.1) is 0 Å². The first-order valence-electron chi connectivity index (χ1n) is 10.9. The summed E-state index contributed by atoms with van der Waals surface area (Å²) >= 11 is 13.6. The lowest BCUT2D eigenvalue weighted by atomic mass is 10.1. The Morgan fingerprint density at radius 1 is 1.12 bits per heavy atom. The number of carbonyl (C=O) groups excluding carboxylic acids is 1. The number of piperazine rings is 1. The number of hydrogen-bond acceptors (Lipinski definition) is 7. The van der Waals surface area contributed by atoms with Crippen LogP contribution in [-0.2, 0) is 6.42 Å². The molecule has 0 atom stereocenters. The molecule has 1 aromatic heterocycles. The Bertz CT molecular complexity index is 1100. The minimum atomic E-state index is -0.328. The molecule has 1 aliphatic heterocycles. The number of methoxy groups -OCH3 is 1. The van der Waals surface area contributed by atoms with Crippen LogP contribution in [0.2, 0.25) is 10.0 Å². The molecule has 1 fully saturated rings. The van der Waals surface area contributed by atoms with Crippen molar-refractivity contribution in [1.82, 2.24) is 19.6 Å². The maximum atomic E-state index is 12.2. The minimum absolute atomic E-state index is 0.328. The van der Waals surface area contributed by atoms with Crippen LogP contribution >= 0.6 is 34.7 Å². The Hall–Kier alpha value is -2.59. The SMILES string of the molecule is COc1cccc(Cc2nsc(N3CCN(CCNC(=O)Nc4c(Cl)cccc4Cl)CC3)n2)c1. The molecule has 0 bridgehead atoms. The smallest absolute Gasteiger partial charge is 0.319 e. The van der Waals surface area contributed by atoms with Gasteiger partial charge in [-0.25, -0.2) is 9.78 Å². The Kier molecular flexibility index (Phi) is 8.44. The average molecular weight is 521 g/mol. The van der Waals surface area contributed by atoms with E-state index in [1.54, 1.807) is 25.3 Å². The van der Waals surface area contributed by atoms with Gasteiger partial charge in [0.05, 0.1) is 22.8 Å². The molecule has 2 aromatic carbocycles. The fourth-order valence-electron chi connectivity index (χ4n) is 3.68. The van der Waals surface area contributed by atoms with E-state index in [1.165, 1.54) is 11.5 Å². The highest BCUT2D eigenvalue weighted by atomic mass is 35.5. The number of nitrogens with one attached hydrogen (secondary N) is 2. The summed E-state index contributed by atoms with van der Waals surface area (Å²) in [5, 5.41) is 7.33. The number of nitrogens with zero attached hydrogens (tertiary/aromatic N) is 4. The molecular weight excluding hydrogens is 495 g/mol.